The number of rotatable bonds is 8. The van der Waals surface area contributed by atoms with Crippen LogP contribution in [0.4, 0.5) is 18.9 Å². The number of nitrogens with zero attached hydrogens (tertiary/aromatic N) is 2. The predicted octanol–water partition coefficient (Wildman–Crippen LogP) is 4.22. The fourth-order valence-corrected chi connectivity index (χ4v) is 3.90. The van der Waals surface area contributed by atoms with Crippen LogP contribution in [0.3, 0.4) is 0 Å². The monoisotopic (exact) mass is 504 g/mol. The third-order valence-corrected chi connectivity index (χ3v) is 5.60. The minimum atomic E-state index is -4.49. The van der Waals surface area contributed by atoms with Crippen molar-refractivity contribution >= 4 is 35.2 Å². The van der Waals surface area contributed by atoms with Gasteiger partial charge in [-0.05, 0) is 54.1 Å². The van der Waals surface area contributed by atoms with Crippen LogP contribution in [-0.4, -0.2) is 34.4 Å². The Morgan fingerprint density at radius 2 is 1.71 bits per heavy atom. The molecule has 0 aliphatic heterocycles. The summed E-state index contributed by atoms with van der Waals surface area (Å²) in [5, 5.41) is 4.81. The van der Waals surface area contributed by atoms with E-state index < -0.39 is 41.5 Å². The molecule has 3 rings (SSSR count). The Morgan fingerprint density at radius 3 is 2.34 bits per heavy atom. The quantitative estimate of drug-likeness (QED) is 0.269. The van der Waals surface area contributed by atoms with Crippen LogP contribution in [0.15, 0.2) is 72.1 Å². The van der Waals surface area contributed by atoms with E-state index in [4.69, 9.17) is 4.74 Å². The lowest BCUT2D eigenvalue weighted by Gasteiger charge is -2.19. The zero-order chi connectivity index (χ0) is 25.4. The molecule has 1 aromatic carbocycles. The molecule has 0 aliphatic rings. The Kier molecular flexibility index (Phi) is 8.42. The number of nitrogens with one attached hydrogen (secondary N) is 2. The summed E-state index contributed by atoms with van der Waals surface area (Å²) in [7, 11) is 0. The van der Waals surface area contributed by atoms with Crippen molar-refractivity contribution in [1.82, 2.24) is 15.3 Å². The lowest BCUT2D eigenvalue weighted by Crippen LogP contribution is -2.31. The van der Waals surface area contributed by atoms with Crippen molar-refractivity contribution in [2.24, 2.45) is 0 Å². The van der Waals surface area contributed by atoms with Gasteiger partial charge >= 0.3 is 12.1 Å². The predicted molar refractivity (Wildman–Crippen MR) is 121 cm³/mol. The Balaban J connectivity index is 1.80. The van der Waals surface area contributed by atoms with Gasteiger partial charge in [-0.3, -0.25) is 19.4 Å². The van der Waals surface area contributed by atoms with Crippen LogP contribution >= 0.6 is 11.8 Å². The number of benzene rings is 1. The van der Waals surface area contributed by atoms with Crippen LogP contribution < -0.4 is 10.6 Å². The zero-order valence-corrected chi connectivity index (χ0v) is 19.0. The number of carbonyl (C=O) groups excluding carboxylic acids is 3. The number of ether oxygens (including phenoxy) is 1. The topological polar surface area (TPSA) is 110 Å². The van der Waals surface area contributed by atoms with Gasteiger partial charge in [-0.15, -0.1) is 0 Å². The summed E-state index contributed by atoms with van der Waals surface area (Å²) < 4.78 is 43.1. The average molecular weight is 504 g/mol. The Labute approximate surface area is 202 Å². The molecule has 35 heavy (non-hydrogen) atoms. The molecule has 0 fully saturated rings. The average Bonchev–Trinajstić information content (AvgIpc) is 2.83. The number of halogens is 3. The molecule has 2 N–H and O–H groups in total. The van der Waals surface area contributed by atoms with E-state index in [0.29, 0.717) is 5.56 Å². The number of pyridine rings is 2. The van der Waals surface area contributed by atoms with Gasteiger partial charge in [0.15, 0.2) is 6.61 Å². The normalized spacial score (nSPS) is 11.9. The number of alkyl halides is 3. The van der Waals surface area contributed by atoms with Crippen molar-refractivity contribution in [2.45, 2.75) is 23.5 Å². The Morgan fingerprint density at radius 1 is 1.03 bits per heavy atom. The van der Waals surface area contributed by atoms with E-state index in [2.05, 4.69) is 20.6 Å². The summed E-state index contributed by atoms with van der Waals surface area (Å²) in [6.45, 7) is 0.693. The van der Waals surface area contributed by atoms with Crippen LogP contribution in [-0.2, 0) is 20.5 Å². The summed E-state index contributed by atoms with van der Waals surface area (Å²) in [5.74, 6) is -1.78. The van der Waals surface area contributed by atoms with Gasteiger partial charge in [-0.25, -0.2) is 4.98 Å². The van der Waals surface area contributed by atoms with Gasteiger partial charge in [0.2, 0.25) is 0 Å². The highest BCUT2D eigenvalue weighted by Crippen LogP contribution is 2.34. The second kappa shape index (κ2) is 11.5. The van der Waals surface area contributed by atoms with Crippen LogP contribution in [0.2, 0.25) is 0 Å². The van der Waals surface area contributed by atoms with Gasteiger partial charge in [-0.2, -0.15) is 13.2 Å². The van der Waals surface area contributed by atoms with Gasteiger partial charge in [0.05, 0.1) is 11.1 Å². The van der Waals surface area contributed by atoms with Crippen LogP contribution in [0.5, 0.6) is 0 Å². The molecule has 0 spiro atoms. The molecular formula is C23H19F3N4O4S. The van der Waals surface area contributed by atoms with Gasteiger partial charge < -0.3 is 15.4 Å². The van der Waals surface area contributed by atoms with Crippen LogP contribution in [0, 0.1) is 0 Å². The SMILES string of the molecule is CC(=O)OCC(=O)NC(Sc1ncccc1C(=O)Nc1ccc(C(F)(F)F)cc1)c1ccncc1. The highest BCUT2D eigenvalue weighted by molar-refractivity contribution is 7.99. The molecule has 182 valence electrons. The number of hydrogen-bond acceptors (Lipinski definition) is 7. The summed E-state index contributed by atoms with van der Waals surface area (Å²) in [6.07, 6.45) is 0.0224. The summed E-state index contributed by atoms with van der Waals surface area (Å²) in [6, 6.07) is 10.4. The van der Waals surface area contributed by atoms with E-state index in [1.807, 2.05) is 0 Å². The van der Waals surface area contributed by atoms with E-state index in [0.717, 1.165) is 36.0 Å². The van der Waals surface area contributed by atoms with Crippen molar-refractivity contribution < 1.29 is 32.3 Å². The molecule has 0 radical (unpaired) electrons. The fraction of sp³-hybridized carbons (Fsp3) is 0.174. The highest BCUT2D eigenvalue weighted by atomic mass is 32.2. The molecule has 12 heteroatoms. The number of hydrogen-bond donors (Lipinski definition) is 2. The number of amides is 2. The first-order valence-corrected chi connectivity index (χ1v) is 10.9. The van der Waals surface area contributed by atoms with Gasteiger partial charge in [0.1, 0.15) is 10.4 Å². The van der Waals surface area contributed by atoms with E-state index in [-0.39, 0.29) is 16.3 Å². The number of esters is 1. The van der Waals surface area contributed by atoms with E-state index in [9.17, 15) is 27.6 Å². The largest absolute Gasteiger partial charge is 0.456 e. The third kappa shape index (κ3) is 7.54. The molecule has 2 heterocycles. The summed E-state index contributed by atoms with van der Waals surface area (Å²) >= 11 is 1.05. The van der Waals surface area contributed by atoms with E-state index in [1.54, 1.807) is 12.1 Å². The third-order valence-electron chi connectivity index (χ3n) is 4.42. The Hall–Kier alpha value is -3.93. The number of anilines is 1. The number of thioether (sulfide) groups is 1. The van der Waals surface area contributed by atoms with Gasteiger partial charge in [0.25, 0.3) is 11.8 Å². The maximum atomic E-state index is 12.9. The maximum absolute atomic E-state index is 12.9. The lowest BCUT2D eigenvalue weighted by atomic mass is 10.2. The van der Waals surface area contributed by atoms with E-state index in [1.165, 1.54) is 37.6 Å². The van der Waals surface area contributed by atoms with Crippen molar-refractivity contribution in [3.63, 3.8) is 0 Å². The van der Waals surface area contributed by atoms with Crippen LogP contribution in [0.1, 0.15) is 33.8 Å². The second-order valence-corrected chi connectivity index (χ2v) is 8.11. The molecule has 0 aliphatic carbocycles. The second-order valence-electron chi connectivity index (χ2n) is 7.01. The van der Waals surface area contributed by atoms with Crippen molar-refractivity contribution in [3.05, 3.63) is 83.8 Å². The minimum Gasteiger partial charge on any atom is -0.456 e. The zero-order valence-electron chi connectivity index (χ0n) is 18.2. The molecule has 0 bridgehead atoms. The Bertz CT molecular complexity index is 1190. The first-order valence-electron chi connectivity index (χ1n) is 10.1. The summed E-state index contributed by atoms with van der Waals surface area (Å²) in [4.78, 5) is 44.4. The molecule has 0 saturated heterocycles. The molecule has 2 aromatic heterocycles. The minimum absolute atomic E-state index is 0.144. The smallest absolute Gasteiger partial charge is 0.416 e. The molecule has 1 unspecified atom stereocenters. The molecule has 3 aromatic rings. The maximum Gasteiger partial charge on any atom is 0.416 e. The summed E-state index contributed by atoms with van der Waals surface area (Å²) in [5.41, 5.74) is 0.118. The van der Waals surface area contributed by atoms with Gasteiger partial charge in [0, 0.05) is 31.2 Å². The molecule has 0 saturated carbocycles. The van der Waals surface area contributed by atoms with Crippen molar-refractivity contribution in [1.29, 1.82) is 0 Å². The van der Waals surface area contributed by atoms with Crippen molar-refractivity contribution in [3.8, 4) is 0 Å². The standard InChI is InChI=1S/C23H19F3N4O4S/c1-14(31)34-13-19(32)30-21(15-8-11-27-12-9-15)35-22-18(3-2-10-28-22)20(33)29-17-6-4-16(5-7-17)23(24,25)26/h2-12,21H,13H2,1H3,(H,29,33)(H,30,32). The lowest BCUT2D eigenvalue weighted by molar-refractivity contribution is -0.146. The first-order chi connectivity index (χ1) is 16.6. The van der Waals surface area contributed by atoms with E-state index >= 15 is 0 Å². The highest BCUT2D eigenvalue weighted by Gasteiger charge is 2.30. The molecule has 1 atom stereocenters. The van der Waals surface area contributed by atoms with Gasteiger partial charge in [-0.1, -0.05) is 11.8 Å². The fourth-order valence-electron chi connectivity index (χ4n) is 2.78. The first kappa shape index (κ1) is 25.7. The molecular weight excluding hydrogens is 485 g/mol. The number of carbonyl (C=O) groups is 3. The molecule has 8 nitrogen and oxygen atoms in total. The molecule has 2 amide bonds. The van der Waals surface area contributed by atoms with Crippen molar-refractivity contribution in [2.75, 3.05) is 11.9 Å². The van der Waals surface area contributed by atoms with Crippen LogP contribution in [0.25, 0.3) is 0 Å². The number of aromatic nitrogens is 2.